The van der Waals surface area contributed by atoms with Gasteiger partial charge in [-0.1, -0.05) is 6.07 Å². The Morgan fingerprint density at radius 2 is 2.17 bits per heavy atom. The van der Waals surface area contributed by atoms with E-state index in [0.29, 0.717) is 12.5 Å². The number of rotatable bonds is 4. The third kappa shape index (κ3) is 3.73. The molecule has 1 unspecified atom stereocenters. The molecular formula is C16H17F2N3OS. The number of amides is 1. The summed E-state index contributed by atoms with van der Waals surface area (Å²) in [7, 11) is 0. The van der Waals surface area contributed by atoms with E-state index in [1.165, 1.54) is 23.6 Å². The van der Waals surface area contributed by atoms with Crippen molar-refractivity contribution < 1.29 is 13.6 Å². The predicted molar refractivity (Wildman–Crippen MR) is 85.4 cm³/mol. The normalized spacial score (nSPS) is 17.9. The van der Waals surface area contributed by atoms with Crippen molar-refractivity contribution in [2.45, 2.75) is 12.8 Å². The van der Waals surface area contributed by atoms with E-state index in [4.69, 9.17) is 0 Å². The van der Waals surface area contributed by atoms with Crippen LogP contribution in [0.1, 0.15) is 23.3 Å². The molecule has 1 atom stereocenters. The number of hydrogen-bond acceptors (Lipinski definition) is 4. The van der Waals surface area contributed by atoms with Gasteiger partial charge in [0.15, 0.2) is 0 Å². The third-order valence-electron chi connectivity index (χ3n) is 3.86. The average molecular weight is 337 g/mol. The molecule has 1 amide bonds. The standard InChI is InChI=1S/C16H17F2N3OS/c17-11-4-1-5-12(18)14(11)16-21-13(9-23-16)15(22)20-8-10-3-2-6-19-7-10/h1,4-5,9-10,19H,2-3,6-8H2,(H,20,22). The Morgan fingerprint density at radius 1 is 1.39 bits per heavy atom. The van der Waals surface area contributed by atoms with Gasteiger partial charge < -0.3 is 10.6 Å². The molecular weight excluding hydrogens is 320 g/mol. The van der Waals surface area contributed by atoms with Crippen LogP contribution in [0.25, 0.3) is 10.6 Å². The summed E-state index contributed by atoms with van der Waals surface area (Å²) in [6.45, 7) is 2.49. The van der Waals surface area contributed by atoms with Crippen molar-refractivity contribution in [3.05, 3.63) is 40.9 Å². The minimum absolute atomic E-state index is 0.171. The number of thiazole rings is 1. The molecule has 3 rings (SSSR count). The third-order valence-corrected chi connectivity index (χ3v) is 4.72. The zero-order chi connectivity index (χ0) is 16.2. The SMILES string of the molecule is O=C(NCC1CCCNC1)c1csc(-c2c(F)cccc2F)n1. The Labute approximate surface area is 136 Å². The maximum atomic E-state index is 13.8. The minimum atomic E-state index is -0.681. The fourth-order valence-electron chi connectivity index (χ4n) is 2.62. The molecule has 1 aliphatic rings. The van der Waals surface area contributed by atoms with E-state index in [0.717, 1.165) is 37.3 Å². The van der Waals surface area contributed by atoms with Crippen LogP contribution in [0.2, 0.25) is 0 Å². The van der Waals surface area contributed by atoms with Gasteiger partial charge in [0.25, 0.3) is 5.91 Å². The lowest BCUT2D eigenvalue weighted by molar-refractivity contribution is 0.0940. The van der Waals surface area contributed by atoms with E-state index >= 15 is 0 Å². The van der Waals surface area contributed by atoms with Crippen molar-refractivity contribution >= 4 is 17.2 Å². The summed E-state index contributed by atoms with van der Waals surface area (Å²) in [5.41, 5.74) is 0.00412. The molecule has 1 aromatic heterocycles. The molecule has 1 aromatic carbocycles. The van der Waals surface area contributed by atoms with Gasteiger partial charge in [-0.05, 0) is 44.0 Å². The van der Waals surface area contributed by atoms with Crippen LogP contribution in [0.3, 0.4) is 0 Å². The number of carbonyl (C=O) groups is 1. The first-order chi connectivity index (χ1) is 11.1. The molecule has 2 N–H and O–H groups in total. The Hall–Kier alpha value is -1.86. The van der Waals surface area contributed by atoms with Gasteiger partial charge in [-0.3, -0.25) is 4.79 Å². The number of nitrogens with zero attached hydrogens (tertiary/aromatic N) is 1. The van der Waals surface area contributed by atoms with Crippen molar-refractivity contribution in [2.24, 2.45) is 5.92 Å². The maximum absolute atomic E-state index is 13.8. The molecule has 0 radical (unpaired) electrons. The number of nitrogens with one attached hydrogen (secondary N) is 2. The van der Waals surface area contributed by atoms with Crippen LogP contribution in [-0.4, -0.2) is 30.5 Å². The number of halogens is 2. The van der Waals surface area contributed by atoms with Gasteiger partial charge in [-0.15, -0.1) is 11.3 Å². The van der Waals surface area contributed by atoms with Gasteiger partial charge in [0, 0.05) is 11.9 Å². The van der Waals surface area contributed by atoms with Gasteiger partial charge in [-0.25, -0.2) is 13.8 Å². The quantitative estimate of drug-likeness (QED) is 0.902. The van der Waals surface area contributed by atoms with Gasteiger partial charge in [0.1, 0.15) is 22.3 Å². The second kappa shape index (κ2) is 7.14. The molecule has 1 fully saturated rings. The van der Waals surface area contributed by atoms with Gasteiger partial charge in [0.05, 0.1) is 5.56 Å². The molecule has 1 aliphatic heterocycles. The van der Waals surface area contributed by atoms with E-state index in [1.54, 1.807) is 0 Å². The number of carbonyl (C=O) groups excluding carboxylic acids is 1. The summed E-state index contributed by atoms with van der Waals surface area (Å²) >= 11 is 1.06. The van der Waals surface area contributed by atoms with E-state index in [2.05, 4.69) is 15.6 Å². The van der Waals surface area contributed by atoms with Crippen molar-refractivity contribution in [1.29, 1.82) is 0 Å². The highest BCUT2D eigenvalue weighted by Gasteiger charge is 2.19. The molecule has 0 spiro atoms. The molecule has 0 aliphatic carbocycles. The monoisotopic (exact) mass is 337 g/mol. The van der Waals surface area contributed by atoms with Crippen molar-refractivity contribution in [2.75, 3.05) is 19.6 Å². The first-order valence-corrected chi connectivity index (χ1v) is 8.42. The van der Waals surface area contributed by atoms with Gasteiger partial charge in [-0.2, -0.15) is 0 Å². The topological polar surface area (TPSA) is 54.0 Å². The lowest BCUT2D eigenvalue weighted by atomic mass is 10.00. The predicted octanol–water partition coefficient (Wildman–Crippen LogP) is 2.82. The minimum Gasteiger partial charge on any atom is -0.350 e. The highest BCUT2D eigenvalue weighted by atomic mass is 32.1. The van der Waals surface area contributed by atoms with Crippen molar-refractivity contribution in [1.82, 2.24) is 15.6 Å². The summed E-state index contributed by atoms with van der Waals surface area (Å²) < 4.78 is 27.5. The van der Waals surface area contributed by atoms with Crippen LogP contribution in [0.15, 0.2) is 23.6 Å². The Kier molecular flexibility index (Phi) is 4.97. The van der Waals surface area contributed by atoms with E-state index in [-0.39, 0.29) is 22.2 Å². The summed E-state index contributed by atoms with van der Waals surface area (Å²) in [6, 6.07) is 3.65. The first kappa shape index (κ1) is 16.0. The molecule has 1 saturated heterocycles. The summed E-state index contributed by atoms with van der Waals surface area (Å²) in [4.78, 5) is 16.2. The van der Waals surface area contributed by atoms with Crippen molar-refractivity contribution in [3.8, 4) is 10.6 Å². The molecule has 122 valence electrons. The fraction of sp³-hybridized carbons (Fsp3) is 0.375. The maximum Gasteiger partial charge on any atom is 0.270 e. The molecule has 4 nitrogen and oxygen atoms in total. The molecule has 0 bridgehead atoms. The van der Waals surface area contributed by atoms with E-state index in [9.17, 15) is 13.6 Å². The molecule has 23 heavy (non-hydrogen) atoms. The molecule has 0 saturated carbocycles. The van der Waals surface area contributed by atoms with Gasteiger partial charge >= 0.3 is 0 Å². The average Bonchev–Trinajstić information content (AvgIpc) is 3.03. The van der Waals surface area contributed by atoms with E-state index in [1.807, 2.05) is 0 Å². The zero-order valence-electron chi connectivity index (χ0n) is 12.4. The summed E-state index contributed by atoms with van der Waals surface area (Å²) in [5.74, 6) is -1.26. The number of piperidine rings is 1. The van der Waals surface area contributed by atoms with Crippen LogP contribution in [0, 0.1) is 17.6 Å². The molecule has 2 heterocycles. The molecule has 7 heteroatoms. The number of aromatic nitrogens is 1. The Morgan fingerprint density at radius 3 is 2.87 bits per heavy atom. The Bertz CT molecular complexity index is 678. The largest absolute Gasteiger partial charge is 0.350 e. The van der Waals surface area contributed by atoms with Crippen LogP contribution in [-0.2, 0) is 0 Å². The lowest BCUT2D eigenvalue weighted by Crippen LogP contribution is -2.38. The van der Waals surface area contributed by atoms with Crippen LogP contribution in [0.4, 0.5) is 8.78 Å². The van der Waals surface area contributed by atoms with Crippen molar-refractivity contribution in [3.63, 3.8) is 0 Å². The van der Waals surface area contributed by atoms with Gasteiger partial charge in [0.2, 0.25) is 0 Å². The first-order valence-electron chi connectivity index (χ1n) is 7.54. The summed E-state index contributed by atoms with van der Waals surface area (Å²) in [6.07, 6.45) is 2.18. The highest BCUT2D eigenvalue weighted by Crippen LogP contribution is 2.28. The Balaban J connectivity index is 1.67. The second-order valence-electron chi connectivity index (χ2n) is 5.56. The van der Waals surface area contributed by atoms with E-state index < -0.39 is 11.6 Å². The number of hydrogen-bond donors (Lipinski definition) is 2. The number of benzene rings is 1. The van der Waals surface area contributed by atoms with Crippen LogP contribution < -0.4 is 10.6 Å². The molecule has 2 aromatic rings. The van der Waals surface area contributed by atoms with Crippen LogP contribution >= 0.6 is 11.3 Å². The fourth-order valence-corrected chi connectivity index (χ4v) is 3.47. The highest BCUT2D eigenvalue weighted by molar-refractivity contribution is 7.13. The second-order valence-corrected chi connectivity index (χ2v) is 6.42. The lowest BCUT2D eigenvalue weighted by Gasteiger charge is -2.22. The summed E-state index contributed by atoms with van der Waals surface area (Å²) in [5, 5.41) is 7.82. The van der Waals surface area contributed by atoms with Crippen LogP contribution in [0.5, 0.6) is 0 Å². The smallest absolute Gasteiger partial charge is 0.270 e. The zero-order valence-corrected chi connectivity index (χ0v) is 13.3.